The maximum atomic E-state index is 12.3. The normalized spacial score (nSPS) is 14.6. The van der Waals surface area contributed by atoms with Gasteiger partial charge in [-0.25, -0.2) is 0 Å². The molecule has 2 amide bonds. The van der Waals surface area contributed by atoms with Crippen LogP contribution in [0.15, 0.2) is 47.1 Å². The van der Waals surface area contributed by atoms with Crippen molar-refractivity contribution in [3.63, 3.8) is 0 Å². The van der Waals surface area contributed by atoms with Crippen LogP contribution in [0.3, 0.4) is 0 Å². The van der Waals surface area contributed by atoms with Gasteiger partial charge in [-0.2, -0.15) is 0 Å². The molecule has 1 aliphatic rings. The second-order valence-corrected chi connectivity index (χ2v) is 6.91. The van der Waals surface area contributed by atoms with E-state index in [-0.39, 0.29) is 30.0 Å². The first-order valence-corrected chi connectivity index (χ1v) is 9.69. The summed E-state index contributed by atoms with van der Waals surface area (Å²) >= 11 is 0. The maximum absolute atomic E-state index is 12.3. The van der Waals surface area contributed by atoms with Gasteiger partial charge in [0.15, 0.2) is 5.76 Å². The van der Waals surface area contributed by atoms with Gasteiger partial charge in [0, 0.05) is 30.4 Å². The van der Waals surface area contributed by atoms with Crippen molar-refractivity contribution in [2.75, 3.05) is 18.4 Å². The van der Waals surface area contributed by atoms with Crippen molar-refractivity contribution in [3.05, 3.63) is 54.0 Å². The Morgan fingerprint density at radius 2 is 1.75 bits per heavy atom. The maximum Gasteiger partial charge on any atom is 0.291 e. The third kappa shape index (κ3) is 6.69. The van der Waals surface area contributed by atoms with Crippen LogP contribution in [-0.4, -0.2) is 30.9 Å². The highest BCUT2D eigenvalue weighted by Gasteiger charge is 2.12. The van der Waals surface area contributed by atoms with Gasteiger partial charge in [0.2, 0.25) is 0 Å². The van der Waals surface area contributed by atoms with Crippen LogP contribution >= 0.6 is 12.4 Å². The smallest absolute Gasteiger partial charge is 0.291 e. The van der Waals surface area contributed by atoms with Crippen LogP contribution in [0.2, 0.25) is 0 Å². The Morgan fingerprint density at radius 1 is 0.964 bits per heavy atom. The third-order valence-electron chi connectivity index (χ3n) is 4.83. The number of amides is 2. The molecule has 0 bridgehead atoms. The van der Waals surface area contributed by atoms with Gasteiger partial charge in [0.25, 0.3) is 11.8 Å². The van der Waals surface area contributed by atoms with Crippen molar-refractivity contribution >= 4 is 29.9 Å². The average molecular weight is 406 g/mol. The van der Waals surface area contributed by atoms with Gasteiger partial charge in [-0.05, 0) is 43.2 Å². The minimum Gasteiger partial charge on any atom is -0.459 e. The molecule has 1 aromatic carbocycles. The summed E-state index contributed by atoms with van der Waals surface area (Å²) in [6.07, 6.45) is 9.16. The summed E-state index contributed by atoms with van der Waals surface area (Å²) in [6.45, 7) is 1.35. The molecular formula is C21H28ClN3O3. The number of anilines is 1. The molecule has 1 saturated carbocycles. The van der Waals surface area contributed by atoms with Crippen LogP contribution in [0.1, 0.15) is 59.4 Å². The number of hydrogen-bond donors (Lipinski definition) is 3. The molecule has 3 rings (SSSR count). The average Bonchev–Trinajstić information content (AvgIpc) is 3.10. The standard InChI is InChI=1S/C21H27N3O3.ClH/c25-20(23-13-12-22-17-8-3-1-2-4-9-17)16-7-5-10-18(15-16)24-21(26)19-11-6-14-27-19;/h5-7,10-11,14-15,17,22H,1-4,8-9,12-13H2,(H,23,25)(H,24,26);1H. The molecule has 0 aliphatic heterocycles. The van der Waals surface area contributed by atoms with Crippen molar-refractivity contribution in [2.24, 2.45) is 0 Å². The first kappa shape index (κ1) is 22.0. The first-order valence-electron chi connectivity index (χ1n) is 9.69. The van der Waals surface area contributed by atoms with E-state index < -0.39 is 0 Å². The van der Waals surface area contributed by atoms with E-state index in [0.29, 0.717) is 23.8 Å². The Hall–Kier alpha value is -2.31. The van der Waals surface area contributed by atoms with E-state index in [1.807, 2.05) is 0 Å². The molecule has 2 aromatic rings. The van der Waals surface area contributed by atoms with E-state index in [4.69, 9.17) is 4.42 Å². The Kier molecular flexibility index (Phi) is 9.04. The van der Waals surface area contributed by atoms with Crippen LogP contribution in [0.25, 0.3) is 0 Å². The molecule has 152 valence electrons. The minimum atomic E-state index is -0.342. The predicted molar refractivity (Wildman–Crippen MR) is 112 cm³/mol. The molecule has 1 heterocycles. The van der Waals surface area contributed by atoms with Gasteiger partial charge in [0.05, 0.1) is 6.26 Å². The number of rotatable bonds is 7. The van der Waals surface area contributed by atoms with Crippen LogP contribution < -0.4 is 16.0 Å². The lowest BCUT2D eigenvalue weighted by atomic mass is 10.1. The molecular weight excluding hydrogens is 378 g/mol. The van der Waals surface area contributed by atoms with Crippen molar-refractivity contribution in [3.8, 4) is 0 Å². The molecule has 0 atom stereocenters. The van der Waals surface area contributed by atoms with Gasteiger partial charge >= 0.3 is 0 Å². The third-order valence-corrected chi connectivity index (χ3v) is 4.83. The molecule has 3 N–H and O–H groups in total. The number of carbonyl (C=O) groups is 2. The lowest BCUT2D eigenvalue weighted by molar-refractivity contribution is 0.0951. The zero-order chi connectivity index (χ0) is 18.9. The molecule has 28 heavy (non-hydrogen) atoms. The highest BCUT2D eigenvalue weighted by Crippen LogP contribution is 2.17. The summed E-state index contributed by atoms with van der Waals surface area (Å²) in [5, 5.41) is 9.20. The largest absolute Gasteiger partial charge is 0.459 e. The van der Waals surface area contributed by atoms with E-state index in [2.05, 4.69) is 16.0 Å². The molecule has 1 aliphatic carbocycles. The van der Waals surface area contributed by atoms with Gasteiger partial charge in [0.1, 0.15) is 0 Å². The second kappa shape index (κ2) is 11.5. The second-order valence-electron chi connectivity index (χ2n) is 6.91. The van der Waals surface area contributed by atoms with Crippen molar-refractivity contribution in [1.29, 1.82) is 0 Å². The van der Waals surface area contributed by atoms with Crippen molar-refractivity contribution in [1.82, 2.24) is 10.6 Å². The van der Waals surface area contributed by atoms with E-state index in [0.717, 1.165) is 6.54 Å². The van der Waals surface area contributed by atoms with Gasteiger partial charge in [-0.3, -0.25) is 9.59 Å². The number of furan rings is 1. The number of carbonyl (C=O) groups excluding carboxylic acids is 2. The molecule has 0 radical (unpaired) electrons. The van der Waals surface area contributed by atoms with Gasteiger partial charge in [-0.1, -0.05) is 31.7 Å². The molecule has 7 heteroatoms. The molecule has 6 nitrogen and oxygen atoms in total. The lowest BCUT2D eigenvalue weighted by Crippen LogP contribution is -2.36. The quantitative estimate of drug-likeness (QED) is 0.480. The SMILES string of the molecule is Cl.O=C(NCCNC1CCCCCC1)c1cccc(NC(=O)c2ccco2)c1. The molecule has 0 saturated heterocycles. The Labute approximate surface area is 171 Å². The molecule has 0 unspecified atom stereocenters. The molecule has 1 fully saturated rings. The van der Waals surface area contributed by atoms with E-state index in [1.54, 1.807) is 36.4 Å². The summed E-state index contributed by atoms with van der Waals surface area (Å²) in [7, 11) is 0. The highest BCUT2D eigenvalue weighted by molar-refractivity contribution is 6.03. The van der Waals surface area contributed by atoms with Gasteiger partial charge in [-0.15, -0.1) is 12.4 Å². The summed E-state index contributed by atoms with van der Waals surface area (Å²) < 4.78 is 5.07. The summed E-state index contributed by atoms with van der Waals surface area (Å²) in [4.78, 5) is 24.4. The fraction of sp³-hybridized carbons (Fsp3) is 0.429. The minimum absolute atomic E-state index is 0. The van der Waals surface area contributed by atoms with Gasteiger partial charge < -0.3 is 20.4 Å². The number of halogens is 1. The number of benzene rings is 1. The topological polar surface area (TPSA) is 83.4 Å². The zero-order valence-corrected chi connectivity index (χ0v) is 16.7. The van der Waals surface area contributed by atoms with Crippen LogP contribution in [-0.2, 0) is 0 Å². The summed E-state index contributed by atoms with van der Waals surface area (Å²) in [6, 6.07) is 10.7. The fourth-order valence-electron chi connectivity index (χ4n) is 3.38. The van der Waals surface area contributed by atoms with E-state index in [1.165, 1.54) is 44.8 Å². The number of nitrogens with one attached hydrogen (secondary N) is 3. The Bertz CT molecular complexity index is 741. The fourth-order valence-corrected chi connectivity index (χ4v) is 3.38. The van der Waals surface area contributed by atoms with E-state index in [9.17, 15) is 9.59 Å². The van der Waals surface area contributed by atoms with E-state index >= 15 is 0 Å². The van der Waals surface area contributed by atoms with Crippen molar-refractivity contribution < 1.29 is 14.0 Å². The first-order chi connectivity index (χ1) is 13.2. The highest BCUT2D eigenvalue weighted by atomic mass is 35.5. The lowest BCUT2D eigenvalue weighted by Gasteiger charge is -2.16. The van der Waals surface area contributed by atoms with Crippen molar-refractivity contribution in [2.45, 2.75) is 44.6 Å². The molecule has 1 aromatic heterocycles. The van der Waals surface area contributed by atoms with Crippen LogP contribution in [0.5, 0.6) is 0 Å². The zero-order valence-electron chi connectivity index (χ0n) is 15.9. The Balaban J connectivity index is 0.00000280. The summed E-state index contributed by atoms with van der Waals surface area (Å²) in [5.74, 6) is -0.258. The number of hydrogen-bond acceptors (Lipinski definition) is 4. The van der Waals surface area contributed by atoms with Crippen LogP contribution in [0, 0.1) is 0 Å². The summed E-state index contributed by atoms with van der Waals surface area (Å²) in [5.41, 5.74) is 1.07. The van der Waals surface area contributed by atoms with Crippen LogP contribution in [0.4, 0.5) is 5.69 Å². The Morgan fingerprint density at radius 3 is 2.46 bits per heavy atom. The molecule has 0 spiro atoms. The monoisotopic (exact) mass is 405 g/mol. The predicted octanol–water partition coefficient (Wildman–Crippen LogP) is 4.00.